The quantitative estimate of drug-likeness (QED) is 0.265. The van der Waals surface area contributed by atoms with Gasteiger partial charge in [0.15, 0.2) is 0 Å². The number of hydrogen-bond acceptors (Lipinski definition) is 6. The zero-order valence-electron chi connectivity index (χ0n) is 14.2. The third kappa shape index (κ3) is 9.04. The van der Waals surface area contributed by atoms with Gasteiger partial charge in [-0.05, 0) is 19.8 Å². The summed E-state index contributed by atoms with van der Waals surface area (Å²) in [6.45, 7) is 6.91. The summed E-state index contributed by atoms with van der Waals surface area (Å²) < 4.78 is 4.85. The smallest absolute Gasteiger partial charge is 0.333 e. The maximum Gasteiger partial charge on any atom is 0.333 e. The number of rotatable bonds is 12. The number of carboxylic acid groups (broad SMARTS) is 1. The molecule has 24 heavy (non-hydrogen) atoms. The van der Waals surface area contributed by atoms with Gasteiger partial charge in [-0.2, -0.15) is 0 Å². The van der Waals surface area contributed by atoms with Crippen molar-refractivity contribution in [1.82, 2.24) is 5.32 Å². The van der Waals surface area contributed by atoms with Crippen LogP contribution in [0.25, 0.3) is 0 Å². The van der Waals surface area contributed by atoms with Crippen LogP contribution in [0.4, 0.5) is 0 Å². The van der Waals surface area contributed by atoms with E-state index in [9.17, 15) is 19.2 Å². The number of nitrogens with one attached hydrogen (secondary N) is 1. The molecule has 0 aromatic rings. The van der Waals surface area contributed by atoms with Crippen molar-refractivity contribution >= 4 is 23.6 Å². The zero-order chi connectivity index (χ0) is 18.7. The molecule has 0 spiro atoms. The van der Waals surface area contributed by atoms with Crippen molar-refractivity contribution in [3.63, 3.8) is 0 Å². The summed E-state index contributed by atoms with van der Waals surface area (Å²) in [5, 5.41) is 11.3. The van der Waals surface area contributed by atoms with E-state index in [1.165, 1.54) is 6.92 Å². The van der Waals surface area contributed by atoms with Crippen LogP contribution in [0.15, 0.2) is 12.2 Å². The van der Waals surface area contributed by atoms with Crippen LogP contribution >= 0.6 is 0 Å². The van der Waals surface area contributed by atoms with Gasteiger partial charge in [0.1, 0.15) is 18.4 Å². The zero-order valence-corrected chi connectivity index (χ0v) is 14.2. The highest BCUT2D eigenvalue weighted by Gasteiger charge is 2.21. The van der Waals surface area contributed by atoms with Crippen molar-refractivity contribution in [2.24, 2.45) is 11.7 Å². The van der Waals surface area contributed by atoms with Crippen LogP contribution in [0.3, 0.4) is 0 Å². The second-order valence-corrected chi connectivity index (χ2v) is 5.54. The van der Waals surface area contributed by atoms with Crippen LogP contribution in [0.5, 0.6) is 0 Å². The molecule has 2 atom stereocenters. The Labute approximate surface area is 141 Å². The Hall–Kier alpha value is -2.22. The Kier molecular flexibility index (Phi) is 10.3. The minimum absolute atomic E-state index is 0.0213. The number of amides is 1. The minimum Gasteiger partial charge on any atom is -0.480 e. The van der Waals surface area contributed by atoms with Gasteiger partial charge in [0.2, 0.25) is 5.91 Å². The van der Waals surface area contributed by atoms with Gasteiger partial charge in [0, 0.05) is 24.3 Å². The van der Waals surface area contributed by atoms with Gasteiger partial charge in [-0.15, -0.1) is 0 Å². The molecule has 8 nitrogen and oxygen atoms in total. The third-order valence-corrected chi connectivity index (χ3v) is 3.37. The summed E-state index contributed by atoms with van der Waals surface area (Å²) in [7, 11) is 0. The number of nitrogens with two attached hydrogens (primary N) is 1. The molecule has 0 bridgehead atoms. The first-order chi connectivity index (χ1) is 11.2. The fraction of sp³-hybridized carbons (Fsp3) is 0.625. The standard InChI is InChI=1S/C16H26N2O6/c1-4-11(9-12(19)5-6-13(17)15(21)22)14(20)18-7-8-24-16(23)10(2)3/h11,13H,2,4-9,17H2,1,3H3,(H,18,20)(H,21,22)/t11-,13-/m0/s1. The first-order valence-corrected chi connectivity index (χ1v) is 7.79. The lowest BCUT2D eigenvalue weighted by atomic mass is 9.96. The molecule has 0 aliphatic rings. The number of Topliss-reactive ketones (excluding diaryl/α,β-unsaturated/α-hetero) is 1. The maximum atomic E-state index is 12.0. The SMILES string of the molecule is C=C(C)C(=O)OCCNC(=O)[C@@H](CC)CC(=O)CC[C@H](N)C(=O)O. The van der Waals surface area contributed by atoms with Gasteiger partial charge >= 0.3 is 11.9 Å². The summed E-state index contributed by atoms with van der Waals surface area (Å²) in [5.41, 5.74) is 5.61. The van der Waals surface area contributed by atoms with E-state index in [4.69, 9.17) is 15.6 Å². The van der Waals surface area contributed by atoms with Crippen molar-refractivity contribution in [3.8, 4) is 0 Å². The number of ether oxygens (including phenoxy) is 1. The highest BCUT2D eigenvalue weighted by Crippen LogP contribution is 2.12. The van der Waals surface area contributed by atoms with Gasteiger partial charge < -0.3 is 20.9 Å². The van der Waals surface area contributed by atoms with Crippen molar-refractivity contribution < 1.29 is 29.0 Å². The number of hydrogen-bond donors (Lipinski definition) is 3. The first-order valence-electron chi connectivity index (χ1n) is 7.79. The molecule has 0 aromatic heterocycles. The molecule has 0 aromatic carbocycles. The molecule has 8 heteroatoms. The van der Waals surface area contributed by atoms with Crippen molar-refractivity contribution in [2.75, 3.05) is 13.2 Å². The average molecular weight is 342 g/mol. The van der Waals surface area contributed by atoms with Crippen LogP contribution in [-0.4, -0.2) is 47.9 Å². The number of aliphatic carboxylic acids is 1. The summed E-state index contributed by atoms with van der Waals surface area (Å²) in [5.74, 6) is -2.70. The number of carbonyl (C=O) groups is 4. The monoisotopic (exact) mass is 342 g/mol. The summed E-state index contributed by atoms with van der Waals surface area (Å²) in [4.78, 5) is 45.6. The predicted molar refractivity (Wildman–Crippen MR) is 87.0 cm³/mol. The molecular weight excluding hydrogens is 316 g/mol. The molecule has 0 unspecified atom stereocenters. The van der Waals surface area contributed by atoms with Crippen molar-refractivity contribution in [2.45, 2.75) is 45.6 Å². The van der Waals surface area contributed by atoms with Gasteiger partial charge in [0.25, 0.3) is 0 Å². The fourth-order valence-corrected chi connectivity index (χ4v) is 1.82. The molecule has 136 valence electrons. The van der Waals surface area contributed by atoms with E-state index < -0.39 is 23.9 Å². The Balaban J connectivity index is 4.16. The molecule has 0 heterocycles. The van der Waals surface area contributed by atoms with E-state index in [2.05, 4.69) is 11.9 Å². The fourth-order valence-electron chi connectivity index (χ4n) is 1.82. The van der Waals surface area contributed by atoms with Gasteiger partial charge in [-0.1, -0.05) is 13.5 Å². The van der Waals surface area contributed by atoms with E-state index in [1.807, 2.05) is 0 Å². The van der Waals surface area contributed by atoms with Crippen molar-refractivity contribution in [3.05, 3.63) is 12.2 Å². The van der Waals surface area contributed by atoms with Gasteiger partial charge in [-0.25, -0.2) is 4.79 Å². The lowest BCUT2D eigenvalue weighted by Gasteiger charge is -2.15. The molecule has 0 saturated heterocycles. The highest BCUT2D eigenvalue weighted by atomic mass is 16.5. The molecule has 0 aliphatic heterocycles. The Morgan fingerprint density at radius 3 is 2.42 bits per heavy atom. The van der Waals surface area contributed by atoms with E-state index in [1.54, 1.807) is 6.92 Å². The molecule has 0 rings (SSSR count). The third-order valence-electron chi connectivity index (χ3n) is 3.37. The minimum atomic E-state index is -1.16. The molecule has 0 radical (unpaired) electrons. The van der Waals surface area contributed by atoms with Gasteiger partial charge in [0.05, 0.1) is 6.54 Å². The normalized spacial score (nSPS) is 12.8. The number of ketones is 1. The summed E-state index contributed by atoms with van der Waals surface area (Å²) in [6.07, 6.45) is 0.560. The molecule has 0 fully saturated rings. The summed E-state index contributed by atoms with van der Waals surface area (Å²) in [6, 6.07) is -1.08. The molecule has 1 amide bonds. The molecule has 0 saturated carbocycles. The number of carboxylic acids is 1. The second-order valence-electron chi connectivity index (χ2n) is 5.54. The Morgan fingerprint density at radius 1 is 1.29 bits per heavy atom. The van der Waals surface area contributed by atoms with E-state index >= 15 is 0 Å². The van der Waals surface area contributed by atoms with Crippen LogP contribution in [0.2, 0.25) is 0 Å². The maximum absolute atomic E-state index is 12.0. The summed E-state index contributed by atoms with van der Waals surface area (Å²) >= 11 is 0. The van der Waals surface area contributed by atoms with Crippen LogP contribution < -0.4 is 11.1 Å². The van der Waals surface area contributed by atoms with Crippen LogP contribution in [0.1, 0.15) is 39.5 Å². The lowest BCUT2D eigenvalue weighted by molar-refractivity contribution is -0.139. The van der Waals surface area contributed by atoms with Crippen molar-refractivity contribution in [1.29, 1.82) is 0 Å². The van der Waals surface area contributed by atoms with E-state index in [0.29, 0.717) is 6.42 Å². The number of esters is 1. The predicted octanol–water partition coefficient (Wildman–Crippen LogP) is 0.399. The van der Waals surface area contributed by atoms with Gasteiger partial charge in [-0.3, -0.25) is 14.4 Å². The second kappa shape index (κ2) is 11.3. The number of carbonyl (C=O) groups excluding carboxylic acids is 3. The highest BCUT2D eigenvalue weighted by molar-refractivity contribution is 5.88. The Bertz CT molecular complexity index is 489. The molecule has 4 N–H and O–H groups in total. The average Bonchev–Trinajstić information content (AvgIpc) is 2.53. The van der Waals surface area contributed by atoms with E-state index in [0.717, 1.165) is 0 Å². The Morgan fingerprint density at radius 2 is 1.92 bits per heavy atom. The lowest BCUT2D eigenvalue weighted by Crippen LogP contribution is -2.35. The van der Waals surface area contributed by atoms with Crippen LogP contribution in [0, 0.1) is 5.92 Å². The van der Waals surface area contributed by atoms with E-state index in [-0.39, 0.29) is 49.7 Å². The van der Waals surface area contributed by atoms with Crippen LogP contribution in [-0.2, 0) is 23.9 Å². The molecular formula is C16H26N2O6. The molecule has 0 aliphatic carbocycles. The largest absolute Gasteiger partial charge is 0.480 e. The first kappa shape index (κ1) is 21.8. The topological polar surface area (TPSA) is 136 Å².